The summed E-state index contributed by atoms with van der Waals surface area (Å²) in [4.78, 5) is 28.7. The van der Waals surface area contributed by atoms with Gasteiger partial charge in [-0.15, -0.1) is 11.8 Å². The van der Waals surface area contributed by atoms with Crippen molar-refractivity contribution < 1.29 is 9.59 Å². The van der Waals surface area contributed by atoms with E-state index in [0.717, 1.165) is 16.9 Å². The molecule has 3 aromatic carbocycles. The third kappa shape index (κ3) is 8.59. The fourth-order valence-corrected chi connectivity index (χ4v) is 5.05. The SMILES string of the molecule is Cc1cc(C)cc(CSCC(=O)N(Cc2ccccc2)[C@H](Cc2ccccc2)C(=O)NC(C)C)c1. The topological polar surface area (TPSA) is 49.4 Å². The highest BCUT2D eigenvalue weighted by atomic mass is 32.2. The molecule has 5 heteroatoms. The molecular weight excluding hydrogens is 452 g/mol. The van der Waals surface area contributed by atoms with E-state index in [1.165, 1.54) is 16.7 Å². The zero-order chi connectivity index (χ0) is 25.2. The molecule has 0 spiro atoms. The first-order valence-electron chi connectivity index (χ1n) is 12.1. The van der Waals surface area contributed by atoms with Gasteiger partial charge >= 0.3 is 0 Å². The Bertz CT molecular complexity index is 1080. The minimum Gasteiger partial charge on any atom is -0.352 e. The monoisotopic (exact) mass is 488 g/mol. The maximum Gasteiger partial charge on any atom is 0.243 e. The Morgan fingerprint density at radius 1 is 0.829 bits per heavy atom. The number of hydrogen-bond acceptors (Lipinski definition) is 3. The fourth-order valence-electron chi connectivity index (χ4n) is 4.21. The number of amides is 2. The number of hydrogen-bond donors (Lipinski definition) is 1. The molecule has 3 rings (SSSR count). The summed E-state index contributed by atoms with van der Waals surface area (Å²) in [6, 6.07) is 25.7. The van der Waals surface area contributed by atoms with E-state index >= 15 is 0 Å². The van der Waals surface area contributed by atoms with Crippen molar-refractivity contribution in [1.82, 2.24) is 10.2 Å². The zero-order valence-corrected chi connectivity index (χ0v) is 22.0. The summed E-state index contributed by atoms with van der Waals surface area (Å²) >= 11 is 1.60. The second-order valence-corrected chi connectivity index (χ2v) is 10.4. The minimum absolute atomic E-state index is 0.00612. The van der Waals surface area contributed by atoms with Gasteiger partial charge < -0.3 is 10.2 Å². The summed E-state index contributed by atoms with van der Waals surface area (Å²) in [6.45, 7) is 8.47. The smallest absolute Gasteiger partial charge is 0.243 e. The molecule has 1 atom stereocenters. The van der Waals surface area contributed by atoms with Crippen LogP contribution in [0.1, 0.15) is 41.7 Å². The van der Waals surface area contributed by atoms with Crippen molar-refractivity contribution >= 4 is 23.6 Å². The Morgan fingerprint density at radius 2 is 1.40 bits per heavy atom. The van der Waals surface area contributed by atoms with E-state index < -0.39 is 6.04 Å². The molecule has 3 aromatic rings. The van der Waals surface area contributed by atoms with Crippen molar-refractivity contribution in [2.45, 2.75) is 58.5 Å². The number of carbonyl (C=O) groups is 2. The highest BCUT2D eigenvalue weighted by molar-refractivity contribution is 7.99. The lowest BCUT2D eigenvalue weighted by Gasteiger charge is -2.32. The normalized spacial score (nSPS) is 11.8. The van der Waals surface area contributed by atoms with Gasteiger partial charge in [0.15, 0.2) is 0 Å². The van der Waals surface area contributed by atoms with E-state index in [-0.39, 0.29) is 17.9 Å². The van der Waals surface area contributed by atoms with Gasteiger partial charge in [0.2, 0.25) is 11.8 Å². The molecule has 0 heterocycles. The van der Waals surface area contributed by atoms with Gasteiger partial charge in [0, 0.05) is 24.8 Å². The van der Waals surface area contributed by atoms with Gasteiger partial charge in [-0.3, -0.25) is 9.59 Å². The van der Waals surface area contributed by atoms with Gasteiger partial charge in [-0.25, -0.2) is 0 Å². The van der Waals surface area contributed by atoms with E-state index in [4.69, 9.17) is 0 Å². The number of thioether (sulfide) groups is 1. The summed E-state index contributed by atoms with van der Waals surface area (Å²) < 4.78 is 0. The number of carbonyl (C=O) groups excluding carboxylic acids is 2. The van der Waals surface area contributed by atoms with Crippen LogP contribution in [0.5, 0.6) is 0 Å². The molecule has 0 unspecified atom stereocenters. The van der Waals surface area contributed by atoms with Crippen LogP contribution in [0.25, 0.3) is 0 Å². The van der Waals surface area contributed by atoms with Crippen molar-refractivity contribution in [3.63, 3.8) is 0 Å². The summed E-state index contributed by atoms with van der Waals surface area (Å²) in [5, 5.41) is 3.04. The number of benzene rings is 3. The molecular formula is C30H36N2O2S. The van der Waals surface area contributed by atoms with Gasteiger partial charge in [-0.1, -0.05) is 90.0 Å². The Labute approximate surface area is 214 Å². The van der Waals surface area contributed by atoms with E-state index in [1.807, 2.05) is 74.5 Å². The van der Waals surface area contributed by atoms with Crippen LogP contribution in [-0.4, -0.2) is 34.6 Å². The lowest BCUT2D eigenvalue weighted by molar-refractivity contribution is -0.139. The molecule has 0 bridgehead atoms. The van der Waals surface area contributed by atoms with Crippen LogP contribution in [-0.2, 0) is 28.3 Å². The van der Waals surface area contributed by atoms with Crippen molar-refractivity contribution in [2.24, 2.45) is 0 Å². The highest BCUT2D eigenvalue weighted by Crippen LogP contribution is 2.20. The number of nitrogens with zero attached hydrogens (tertiary/aromatic N) is 1. The molecule has 2 amide bonds. The summed E-state index contributed by atoms with van der Waals surface area (Å²) in [5.41, 5.74) is 5.71. The third-order valence-corrected chi connectivity index (χ3v) is 6.66. The second kappa shape index (κ2) is 13.1. The maximum atomic E-state index is 13.6. The molecule has 0 fully saturated rings. The van der Waals surface area contributed by atoms with Gasteiger partial charge in [0.25, 0.3) is 0 Å². The Morgan fingerprint density at radius 3 is 1.97 bits per heavy atom. The van der Waals surface area contributed by atoms with Gasteiger partial charge in [-0.2, -0.15) is 0 Å². The molecule has 0 radical (unpaired) electrons. The van der Waals surface area contributed by atoms with E-state index in [1.54, 1.807) is 16.7 Å². The standard InChI is InChI=1S/C30H36N2O2S/c1-22(2)31-30(34)28(18-25-11-7-5-8-12-25)32(19-26-13-9-6-10-14-26)29(33)21-35-20-27-16-23(3)15-24(4)17-27/h5-17,22,28H,18-21H2,1-4H3,(H,31,34)/t28-/m1/s1. The predicted molar refractivity (Wildman–Crippen MR) is 146 cm³/mol. The first-order chi connectivity index (χ1) is 16.8. The molecule has 4 nitrogen and oxygen atoms in total. The lowest BCUT2D eigenvalue weighted by Crippen LogP contribution is -2.52. The quantitative estimate of drug-likeness (QED) is 0.377. The van der Waals surface area contributed by atoms with Crippen LogP contribution >= 0.6 is 11.8 Å². The van der Waals surface area contributed by atoms with Gasteiger partial charge in [0.05, 0.1) is 5.75 Å². The highest BCUT2D eigenvalue weighted by Gasteiger charge is 2.30. The largest absolute Gasteiger partial charge is 0.352 e. The number of rotatable bonds is 11. The molecule has 0 aliphatic rings. The number of aryl methyl sites for hydroxylation is 2. The predicted octanol–water partition coefficient (Wildman–Crippen LogP) is 5.70. The van der Waals surface area contributed by atoms with E-state index in [0.29, 0.717) is 18.7 Å². The summed E-state index contributed by atoms with van der Waals surface area (Å²) in [6.07, 6.45) is 0.472. The molecule has 0 aliphatic heterocycles. The van der Waals surface area contributed by atoms with Gasteiger partial charge in [-0.05, 0) is 44.4 Å². The average molecular weight is 489 g/mol. The molecule has 1 N–H and O–H groups in total. The minimum atomic E-state index is -0.589. The molecule has 184 valence electrons. The van der Waals surface area contributed by atoms with Crippen molar-refractivity contribution in [3.8, 4) is 0 Å². The van der Waals surface area contributed by atoms with Crippen LogP contribution in [0.15, 0.2) is 78.9 Å². The Balaban J connectivity index is 1.82. The van der Waals surface area contributed by atoms with Crippen molar-refractivity contribution in [2.75, 3.05) is 5.75 Å². The summed E-state index contributed by atoms with van der Waals surface area (Å²) in [7, 11) is 0. The number of nitrogens with one attached hydrogen (secondary N) is 1. The van der Waals surface area contributed by atoms with Crippen LogP contribution in [0.2, 0.25) is 0 Å². The molecule has 0 saturated carbocycles. The fraction of sp³-hybridized carbons (Fsp3) is 0.333. The first-order valence-corrected chi connectivity index (χ1v) is 13.3. The van der Waals surface area contributed by atoms with Gasteiger partial charge in [0.1, 0.15) is 6.04 Å². The molecule has 0 aromatic heterocycles. The molecule has 0 saturated heterocycles. The Kier molecular flexibility index (Phi) is 9.98. The zero-order valence-electron chi connectivity index (χ0n) is 21.2. The Hall–Kier alpha value is -3.05. The summed E-state index contributed by atoms with van der Waals surface area (Å²) in [5.74, 6) is 0.935. The molecule has 0 aliphatic carbocycles. The molecule has 35 heavy (non-hydrogen) atoms. The second-order valence-electron chi connectivity index (χ2n) is 9.36. The van der Waals surface area contributed by atoms with Crippen molar-refractivity contribution in [3.05, 3.63) is 107 Å². The van der Waals surface area contributed by atoms with Crippen LogP contribution in [0, 0.1) is 13.8 Å². The maximum absolute atomic E-state index is 13.6. The van der Waals surface area contributed by atoms with Crippen LogP contribution in [0.3, 0.4) is 0 Å². The van der Waals surface area contributed by atoms with Crippen molar-refractivity contribution in [1.29, 1.82) is 0 Å². The average Bonchev–Trinajstić information content (AvgIpc) is 2.81. The first kappa shape index (κ1) is 26.6. The van der Waals surface area contributed by atoms with E-state index in [9.17, 15) is 9.59 Å². The lowest BCUT2D eigenvalue weighted by atomic mass is 10.0. The van der Waals surface area contributed by atoms with Crippen LogP contribution < -0.4 is 5.32 Å². The van der Waals surface area contributed by atoms with E-state index in [2.05, 4.69) is 37.4 Å². The third-order valence-electron chi connectivity index (χ3n) is 5.67. The van der Waals surface area contributed by atoms with Crippen LogP contribution in [0.4, 0.5) is 0 Å².